The van der Waals surface area contributed by atoms with E-state index in [0.717, 1.165) is 36.8 Å². The molecule has 0 spiro atoms. The largest absolute Gasteiger partial charge is 0.390 e. The SMILES string of the molecule is CC(=O)NC(Cc1cc(F)cc(F)c1)C(O)CNCc1cc(CC(C)C)ccc1N1CCN(C(C)=O)CC1. The lowest BCUT2D eigenvalue weighted by atomic mass is 9.98. The smallest absolute Gasteiger partial charge is 0.219 e. The van der Waals surface area contributed by atoms with Gasteiger partial charge >= 0.3 is 0 Å². The van der Waals surface area contributed by atoms with Crippen LogP contribution in [0.2, 0.25) is 0 Å². The number of hydrogen-bond acceptors (Lipinski definition) is 5. The van der Waals surface area contributed by atoms with Crippen molar-refractivity contribution in [2.75, 3.05) is 37.6 Å². The van der Waals surface area contributed by atoms with Crippen molar-refractivity contribution in [3.63, 3.8) is 0 Å². The molecule has 0 saturated carbocycles. The Morgan fingerprint density at radius 3 is 2.18 bits per heavy atom. The maximum atomic E-state index is 13.7. The first-order valence-electron chi connectivity index (χ1n) is 13.2. The molecule has 2 aromatic rings. The number of amides is 2. The van der Waals surface area contributed by atoms with Gasteiger partial charge in [0.1, 0.15) is 11.6 Å². The minimum atomic E-state index is -0.980. The highest BCUT2D eigenvalue weighted by molar-refractivity contribution is 5.74. The lowest BCUT2D eigenvalue weighted by molar-refractivity contribution is -0.129. The van der Waals surface area contributed by atoms with Gasteiger partial charge in [-0.2, -0.15) is 0 Å². The zero-order valence-corrected chi connectivity index (χ0v) is 22.8. The summed E-state index contributed by atoms with van der Waals surface area (Å²) in [5, 5.41) is 16.9. The van der Waals surface area contributed by atoms with E-state index in [2.05, 4.69) is 47.6 Å². The first-order chi connectivity index (χ1) is 18.0. The zero-order chi connectivity index (χ0) is 27.8. The number of aliphatic hydroxyl groups is 1. The summed E-state index contributed by atoms with van der Waals surface area (Å²) >= 11 is 0. The average molecular weight is 531 g/mol. The summed E-state index contributed by atoms with van der Waals surface area (Å²) in [5.74, 6) is -1.14. The lowest BCUT2D eigenvalue weighted by Crippen LogP contribution is -2.49. The van der Waals surface area contributed by atoms with Crippen LogP contribution in [0.15, 0.2) is 36.4 Å². The van der Waals surface area contributed by atoms with Crippen molar-refractivity contribution < 1.29 is 23.5 Å². The molecule has 3 rings (SSSR count). The number of halogens is 2. The number of nitrogens with one attached hydrogen (secondary N) is 2. The molecule has 1 aliphatic rings. The first kappa shape index (κ1) is 29.5. The number of benzene rings is 2. The minimum Gasteiger partial charge on any atom is -0.390 e. The molecular weight excluding hydrogens is 490 g/mol. The first-order valence-corrected chi connectivity index (χ1v) is 13.2. The second-order valence-corrected chi connectivity index (χ2v) is 10.5. The van der Waals surface area contributed by atoms with Gasteiger partial charge in [0.25, 0.3) is 0 Å². The van der Waals surface area contributed by atoms with Gasteiger partial charge in [-0.25, -0.2) is 8.78 Å². The number of nitrogens with zero attached hydrogens (tertiary/aromatic N) is 2. The van der Waals surface area contributed by atoms with Crippen molar-refractivity contribution in [3.8, 4) is 0 Å². The Morgan fingerprint density at radius 2 is 1.61 bits per heavy atom. The van der Waals surface area contributed by atoms with E-state index in [-0.39, 0.29) is 24.8 Å². The second-order valence-electron chi connectivity index (χ2n) is 10.5. The molecule has 1 fully saturated rings. The Bertz CT molecular complexity index is 1080. The molecule has 0 aromatic heterocycles. The van der Waals surface area contributed by atoms with E-state index < -0.39 is 23.8 Å². The Kier molecular flexibility index (Phi) is 10.6. The number of anilines is 1. The lowest BCUT2D eigenvalue weighted by Gasteiger charge is -2.37. The maximum absolute atomic E-state index is 13.7. The molecule has 9 heteroatoms. The van der Waals surface area contributed by atoms with E-state index >= 15 is 0 Å². The fraction of sp³-hybridized carbons (Fsp3) is 0.517. The third kappa shape index (κ3) is 8.77. The van der Waals surface area contributed by atoms with Crippen molar-refractivity contribution in [2.45, 2.75) is 59.2 Å². The van der Waals surface area contributed by atoms with Crippen molar-refractivity contribution in [1.29, 1.82) is 0 Å². The van der Waals surface area contributed by atoms with E-state index in [9.17, 15) is 23.5 Å². The van der Waals surface area contributed by atoms with Gasteiger partial charge in [-0.15, -0.1) is 0 Å². The van der Waals surface area contributed by atoms with Gasteiger partial charge in [0.15, 0.2) is 0 Å². The molecule has 1 heterocycles. The fourth-order valence-corrected chi connectivity index (χ4v) is 4.97. The van der Waals surface area contributed by atoms with Gasteiger partial charge in [-0.1, -0.05) is 26.0 Å². The van der Waals surface area contributed by atoms with Gasteiger partial charge in [-0.3, -0.25) is 9.59 Å². The molecule has 0 bridgehead atoms. The standard InChI is InChI=1S/C29H40F2N4O3/c1-19(2)11-22-5-6-28(35-9-7-34(8-10-35)21(4)37)24(12-22)17-32-18-29(38)27(33-20(3)36)15-23-13-25(30)16-26(31)14-23/h5-6,12-14,16,19,27,29,32,38H,7-11,15,17-18H2,1-4H3,(H,33,36). The summed E-state index contributed by atoms with van der Waals surface area (Å²) in [6.07, 6.45) is 0.0572. The van der Waals surface area contributed by atoms with Crippen LogP contribution in [0, 0.1) is 17.6 Å². The Labute approximate surface area is 224 Å². The predicted octanol–water partition coefficient (Wildman–Crippen LogP) is 3.03. The molecule has 2 aromatic carbocycles. The number of hydrogen-bond donors (Lipinski definition) is 3. The molecule has 2 unspecified atom stereocenters. The van der Waals surface area contributed by atoms with Gasteiger partial charge < -0.3 is 25.5 Å². The summed E-state index contributed by atoms with van der Waals surface area (Å²) in [7, 11) is 0. The van der Waals surface area contributed by atoms with Crippen molar-refractivity contribution in [3.05, 3.63) is 64.7 Å². The quantitative estimate of drug-likeness (QED) is 0.416. The number of aliphatic hydroxyl groups excluding tert-OH is 1. The highest BCUT2D eigenvalue weighted by Crippen LogP contribution is 2.25. The van der Waals surface area contributed by atoms with Crippen molar-refractivity contribution in [2.24, 2.45) is 5.92 Å². The number of carbonyl (C=O) groups is 2. The summed E-state index contributed by atoms with van der Waals surface area (Å²) in [6, 6.07) is 8.95. The average Bonchev–Trinajstić information content (AvgIpc) is 2.82. The van der Waals surface area contributed by atoms with Crippen LogP contribution >= 0.6 is 0 Å². The summed E-state index contributed by atoms with van der Waals surface area (Å²) in [5.41, 5.74) is 3.77. The fourth-order valence-electron chi connectivity index (χ4n) is 4.97. The maximum Gasteiger partial charge on any atom is 0.219 e. The second kappa shape index (κ2) is 13.7. The molecule has 2 atom stereocenters. The predicted molar refractivity (Wildman–Crippen MR) is 145 cm³/mol. The Hall–Kier alpha value is -3.04. The molecule has 38 heavy (non-hydrogen) atoms. The topological polar surface area (TPSA) is 84.9 Å². The van der Waals surface area contributed by atoms with Gasteiger partial charge in [0.2, 0.25) is 11.8 Å². The monoisotopic (exact) mass is 530 g/mol. The van der Waals surface area contributed by atoms with E-state index in [4.69, 9.17) is 0 Å². The molecule has 7 nitrogen and oxygen atoms in total. The third-order valence-corrected chi connectivity index (χ3v) is 6.75. The summed E-state index contributed by atoms with van der Waals surface area (Å²) in [4.78, 5) is 27.6. The summed E-state index contributed by atoms with van der Waals surface area (Å²) < 4.78 is 27.3. The minimum absolute atomic E-state index is 0.0857. The van der Waals surface area contributed by atoms with Crippen LogP contribution in [0.3, 0.4) is 0 Å². The van der Waals surface area contributed by atoms with Crippen LogP contribution in [0.1, 0.15) is 44.4 Å². The normalized spacial score (nSPS) is 15.5. The number of piperazine rings is 1. The third-order valence-electron chi connectivity index (χ3n) is 6.75. The Morgan fingerprint density at radius 1 is 0.947 bits per heavy atom. The zero-order valence-electron chi connectivity index (χ0n) is 22.8. The molecule has 1 aliphatic heterocycles. The molecule has 0 aliphatic carbocycles. The number of carbonyl (C=O) groups excluding carboxylic acids is 2. The van der Waals surface area contributed by atoms with E-state index in [1.54, 1.807) is 6.92 Å². The van der Waals surface area contributed by atoms with Crippen LogP contribution in [-0.4, -0.2) is 66.7 Å². The van der Waals surface area contributed by atoms with Crippen LogP contribution in [0.25, 0.3) is 0 Å². The van der Waals surface area contributed by atoms with Gasteiger partial charge in [0.05, 0.1) is 12.1 Å². The van der Waals surface area contributed by atoms with Crippen LogP contribution < -0.4 is 15.5 Å². The van der Waals surface area contributed by atoms with Gasteiger partial charge in [0, 0.05) is 64.9 Å². The van der Waals surface area contributed by atoms with Crippen LogP contribution in [-0.2, 0) is 29.0 Å². The molecule has 0 radical (unpaired) electrons. The summed E-state index contributed by atoms with van der Waals surface area (Å²) in [6.45, 7) is 10.8. The van der Waals surface area contributed by atoms with Crippen LogP contribution in [0.4, 0.5) is 14.5 Å². The van der Waals surface area contributed by atoms with E-state index in [1.165, 1.54) is 24.6 Å². The molecular formula is C29H40F2N4O3. The Balaban J connectivity index is 1.70. The molecule has 1 saturated heterocycles. The molecule has 2 amide bonds. The van der Waals surface area contributed by atoms with Crippen molar-refractivity contribution in [1.82, 2.24) is 15.5 Å². The highest BCUT2D eigenvalue weighted by atomic mass is 19.1. The molecule has 208 valence electrons. The van der Waals surface area contributed by atoms with E-state index in [0.29, 0.717) is 31.1 Å². The molecule has 3 N–H and O–H groups in total. The van der Waals surface area contributed by atoms with E-state index in [1.807, 2.05) is 4.90 Å². The van der Waals surface area contributed by atoms with Crippen molar-refractivity contribution >= 4 is 17.5 Å². The van der Waals surface area contributed by atoms with Crippen LogP contribution in [0.5, 0.6) is 0 Å². The van der Waals surface area contributed by atoms with Gasteiger partial charge in [-0.05, 0) is 53.6 Å². The highest BCUT2D eigenvalue weighted by Gasteiger charge is 2.23. The number of rotatable bonds is 11.